The van der Waals surface area contributed by atoms with Crippen LogP contribution in [-0.4, -0.2) is 95.6 Å². The molecule has 0 saturated carbocycles. The molecular formula is C23H28N3NaO5S2. The Bertz CT molecular complexity index is 1180. The van der Waals surface area contributed by atoms with Gasteiger partial charge in [-0.1, -0.05) is 44.2 Å². The Morgan fingerprint density at radius 1 is 1.03 bits per heavy atom. The number of benzene rings is 1. The Labute approximate surface area is 228 Å². The van der Waals surface area contributed by atoms with Crippen molar-refractivity contribution in [2.45, 2.75) is 25.7 Å². The first-order chi connectivity index (χ1) is 15.4. The summed E-state index contributed by atoms with van der Waals surface area (Å²) in [5.74, 6) is -1.24. The molecule has 2 aliphatic heterocycles. The average molecular weight is 514 g/mol. The minimum atomic E-state index is -4.05. The molecule has 0 spiro atoms. The van der Waals surface area contributed by atoms with Gasteiger partial charge < -0.3 is 4.90 Å². The number of hydrogen-bond donors (Lipinski definition) is 1. The Morgan fingerprint density at radius 2 is 1.59 bits per heavy atom. The van der Waals surface area contributed by atoms with Crippen molar-refractivity contribution in [3.8, 4) is 0 Å². The van der Waals surface area contributed by atoms with E-state index in [1.165, 1.54) is 30.0 Å². The zero-order valence-electron chi connectivity index (χ0n) is 19.0. The molecule has 0 atom stereocenters. The van der Waals surface area contributed by atoms with Gasteiger partial charge in [0.15, 0.2) is 5.11 Å². The van der Waals surface area contributed by atoms with E-state index in [9.17, 15) is 18.0 Å². The Morgan fingerprint density at radius 3 is 2.18 bits per heavy atom. The number of fused-ring (bicyclic) bond motifs is 1. The molecule has 2 amide bonds. The van der Waals surface area contributed by atoms with Crippen LogP contribution in [0.15, 0.2) is 59.8 Å². The van der Waals surface area contributed by atoms with E-state index in [4.69, 9.17) is 16.8 Å². The van der Waals surface area contributed by atoms with Crippen molar-refractivity contribution in [3.05, 3.63) is 65.4 Å². The van der Waals surface area contributed by atoms with Gasteiger partial charge in [0.25, 0.3) is 21.9 Å². The third kappa shape index (κ3) is 5.69. The summed E-state index contributed by atoms with van der Waals surface area (Å²) < 4.78 is 31.5. The molecule has 2 heterocycles. The summed E-state index contributed by atoms with van der Waals surface area (Å²) >= 11 is 5.09. The molecule has 0 aliphatic carbocycles. The van der Waals surface area contributed by atoms with Gasteiger partial charge in [-0.3, -0.25) is 23.9 Å². The number of carbonyl (C=O) groups is 2. The van der Waals surface area contributed by atoms with Gasteiger partial charge in [-0.05, 0) is 42.4 Å². The molecule has 0 aromatic heterocycles. The van der Waals surface area contributed by atoms with Gasteiger partial charge in [-0.15, -0.1) is 0 Å². The average Bonchev–Trinajstić information content (AvgIpc) is 2.96. The molecule has 178 valence electrons. The van der Waals surface area contributed by atoms with Crippen LogP contribution >= 0.6 is 12.2 Å². The van der Waals surface area contributed by atoms with E-state index in [2.05, 4.69) is 13.8 Å². The Balaban J connectivity index is 0.00000408. The van der Waals surface area contributed by atoms with Crippen molar-refractivity contribution in [1.82, 2.24) is 9.80 Å². The Hall–Kier alpha value is -1.82. The van der Waals surface area contributed by atoms with E-state index < -0.39 is 21.9 Å². The number of nitrogens with zero attached hydrogens (tertiary/aromatic N) is 3. The first-order valence-electron chi connectivity index (χ1n) is 10.4. The van der Waals surface area contributed by atoms with Crippen molar-refractivity contribution in [3.63, 3.8) is 0 Å². The first-order valence-corrected chi connectivity index (χ1v) is 12.4. The van der Waals surface area contributed by atoms with Gasteiger partial charge in [0.1, 0.15) is 5.57 Å². The molecule has 11 heteroatoms. The molecular weight excluding hydrogens is 485 g/mol. The summed E-state index contributed by atoms with van der Waals surface area (Å²) in [7, 11) is -0.998. The fourth-order valence-electron chi connectivity index (χ4n) is 4.08. The molecule has 34 heavy (non-hydrogen) atoms. The van der Waals surface area contributed by atoms with E-state index in [0.717, 1.165) is 16.9 Å². The topological polar surface area (TPSA) is 98.2 Å². The monoisotopic (exact) mass is 513 g/mol. The standard InChI is InChI=1S/C23H27N3O5S2.Na.H/c1-23(2)17-11-6-7-12-18(17)26(14-9-15-33(29,30)31)19(23)13-8-5-10-16-20(27)24(3)22(32)25(4)21(16)28;;/h5-8,10-13H,9,14-15H2,1-4H3,(H,29,30,31);;. The maximum absolute atomic E-state index is 12.4. The van der Waals surface area contributed by atoms with Crippen LogP contribution in [0.2, 0.25) is 0 Å². The number of para-hydroxylation sites is 1. The van der Waals surface area contributed by atoms with Crippen LogP contribution in [0.25, 0.3) is 0 Å². The van der Waals surface area contributed by atoms with Gasteiger partial charge in [-0.25, -0.2) is 0 Å². The number of amides is 2. The van der Waals surface area contributed by atoms with Gasteiger partial charge in [0, 0.05) is 37.4 Å². The van der Waals surface area contributed by atoms with Crippen molar-refractivity contribution < 1.29 is 22.6 Å². The van der Waals surface area contributed by atoms with Crippen LogP contribution in [0.1, 0.15) is 25.8 Å². The molecule has 3 rings (SSSR count). The molecule has 0 radical (unpaired) electrons. The van der Waals surface area contributed by atoms with Crippen LogP contribution in [0.5, 0.6) is 0 Å². The summed E-state index contributed by atoms with van der Waals surface area (Å²) in [6.45, 7) is 4.56. The summed E-state index contributed by atoms with van der Waals surface area (Å²) in [6, 6.07) is 7.89. The second kappa shape index (κ2) is 10.8. The number of hydrogen-bond acceptors (Lipinski definition) is 6. The predicted octanol–water partition coefficient (Wildman–Crippen LogP) is 2.00. The number of allylic oxidation sites excluding steroid dienone is 5. The number of thiocarbonyl (C=S) groups is 1. The van der Waals surface area contributed by atoms with Crippen molar-refractivity contribution in [2.24, 2.45) is 0 Å². The van der Waals surface area contributed by atoms with Gasteiger partial charge in [0.05, 0.1) is 5.75 Å². The zero-order valence-corrected chi connectivity index (χ0v) is 20.6. The maximum atomic E-state index is 12.4. The molecule has 1 aromatic rings. The quantitative estimate of drug-likeness (QED) is 0.204. The molecule has 0 bridgehead atoms. The van der Waals surface area contributed by atoms with Crippen LogP contribution < -0.4 is 4.90 Å². The molecule has 1 aromatic carbocycles. The van der Waals surface area contributed by atoms with Crippen molar-refractivity contribution >= 4 is 74.5 Å². The van der Waals surface area contributed by atoms with Crippen molar-refractivity contribution in [1.29, 1.82) is 0 Å². The summed E-state index contributed by atoms with van der Waals surface area (Å²) in [4.78, 5) is 29.4. The van der Waals surface area contributed by atoms with E-state index in [1.54, 1.807) is 12.2 Å². The number of anilines is 1. The number of likely N-dealkylation sites (N-methyl/N-ethyl adjacent to an activating group) is 2. The number of carbonyl (C=O) groups excluding carboxylic acids is 2. The second-order valence-corrected chi connectivity index (χ2v) is 10.4. The summed E-state index contributed by atoms with van der Waals surface area (Å²) in [5, 5.41) is 0.152. The SMILES string of the molecule is CN1C(=O)C(=CC=CC=C2N(CCCS(=O)(=O)O)c3ccccc3C2(C)C)C(=O)N(C)C1=S.[NaH]. The predicted molar refractivity (Wildman–Crippen MR) is 138 cm³/mol. The zero-order chi connectivity index (χ0) is 24.6. The van der Waals surface area contributed by atoms with Gasteiger partial charge >= 0.3 is 29.6 Å². The normalized spacial score (nSPS) is 19.2. The van der Waals surface area contributed by atoms with E-state index >= 15 is 0 Å². The molecule has 2 aliphatic rings. The van der Waals surface area contributed by atoms with Crippen LogP contribution in [0.3, 0.4) is 0 Å². The Kier molecular flexibility index (Phi) is 9.06. The van der Waals surface area contributed by atoms with Crippen LogP contribution in [-0.2, 0) is 25.1 Å². The molecule has 8 nitrogen and oxygen atoms in total. The van der Waals surface area contributed by atoms with E-state index in [-0.39, 0.29) is 57.8 Å². The van der Waals surface area contributed by atoms with Gasteiger partial charge in [0.2, 0.25) is 0 Å². The first kappa shape index (κ1) is 28.4. The molecule has 1 saturated heterocycles. The molecule has 1 N–H and O–H groups in total. The number of rotatable bonds is 6. The third-order valence-electron chi connectivity index (χ3n) is 5.86. The fourth-order valence-corrected chi connectivity index (χ4v) is 4.74. The van der Waals surface area contributed by atoms with E-state index in [1.807, 2.05) is 35.2 Å². The molecule has 0 unspecified atom stereocenters. The fraction of sp³-hybridized carbons (Fsp3) is 0.348. The van der Waals surface area contributed by atoms with Crippen LogP contribution in [0.4, 0.5) is 5.69 Å². The van der Waals surface area contributed by atoms with Crippen molar-refractivity contribution in [2.75, 3.05) is 31.3 Å². The summed E-state index contributed by atoms with van der Waals surface area (Å²) in [6.07, 6.45) is 6.99. The minimum absolute atomic E-state index is 0. The molecule has 1 fully saturated rings. The summed E-state index contributed by atoms with van der Waals surface area (Å²) in [5.41, 5.74) is 2.68. The van der Waals surface area contributed by atoms with E-state index in [0.29, 0.717) is 6.54 Å². The second-order valence-electron chi connectivity index (χ2n) is 8.46. The third-order valence-corrected chi connectivity index (χ3v) is 7.21. The van der Waals surface area contributed by atoms with Crippen LogP contribution in [0, 0.1) is 0 Å². The van der Waals surface area contributed by atoms with Gasteiger partial charge in [-0.2, -0.15) is 8.42 Å².